The zero-order valence-corrected chi connectivity index (χ0v) is 12.6. The SMILES string of the molecule is OCc1cnc2ccc(N3CCC[C@@H]3c3cccc(F)c3)nn12. The van der Waals surface area contributed by atoms with E-state index in [9.17, 15) is 9.50 Å². The van der Waals surface area contributed by atoms with Crippen LogP contribution in [0, 0.1) is 5.82 Å². The van der Waals surface area contributed by atoms with Crippen molar-refractivity contribution in [1.29, 1.82) is 0 Å². The summed E-state index contributed by atoms with van der Waals surface area (Å²) < 4.78 is 15.2. The Morgan fingerprint density at radius 2 is 2.17 bits per heavy atom. The van der Waals surface area contributed by atoms with Gasteiger partial charge in [-0.25, -0.2) is 13.9 Å². The number of aliphatic hydroxyl groups excluding tert-OH is 1. The van der Waals surface area contributed by atoms with E-state index in [1.54, 1.807) is 22.8 Å². The monoisotopic (exact) mass is 312 g/mol. The molecule has 0 amide bonds. The Kier molecular flexibility index (Phi) is 3.46. The molecule has 1 N–H and O–H groups in total. The van der Waals surface area contributed by atoms with E-state index >= 15 is 0 Å². The second kappa shape index (κ2) is 5.62. The molecule has 1 aliphatic heterocycles. The van der Waals surface area contributed by atoms with Crippen molar-refractivity contribution in [3.05, 3.63) is 59.7 Å². The van der Waals surface area contributed by atoms with Gasteiger partial charge in [0.05, 0.1) is 24.5 Å². The molecule has 0 unspecified atom stereocenters. The van der Waals surface area contributed by atoms with Crippen LogP contribution in [0.4, 0.5) is 10.2 Å². The lowest BCUT2D eigenvalue weighted by Crippen LogP contribution is -2.24. The highest BCUT2D eigenvalue weighted by atomic mass is 19.1. The van der Waals surface area contributed by atoms with Crippen LogP contribution in [0.5, 0.6) is 0 Å². The summed E-state index contributed by atoms with van der Waals surface area (Å²) in [5.41, 5.74) is 2.33. The lowest BCUT2D eigenvalue weighted by atomic mass is 10.0. The predicted molar refractivity (Wildman–Crippen MR) is 84.6 cm³/mol. The van der Waals surface area contributed by atoms with Crippen molar-refractivity contribution >= 4 is 11.5 Å². The largest absolute Gasteiger partial charge is 0.390 e. The van der Waals surface area contributed by atoms with E-state index < -0.39 is 0 Å². The molecule has 23 heavy (non-hydrogen) atoms. The van der Waals surface area contributed by atoms with Crippen molar-refractivity contribution in [2.24, 2.45) is 0 Å². The Morgan fingerprint density at radius 3 is 3.00 bits per heavy atom. The van der Waals surface area contributed by atoms with E-state index in [2.05, 4.69) is 15.0 Å². The number of rotatable bonds is 3. The molecule has 1 saturated heterocycles. The summed E-state index contributed by atoms with van der Waals surface area (Å²) in [6, 6.07) is 10.7. The molecule has 1 fully saturated rings. The number of fused-ring (bicyclic) bond motifs is 1. The molecule has 0 saturated carbocycles. The summed E-state index contributed by atoms with van der Waals surface area (Å²) in [7, 11) is 0. The third kappa shape index (κ3) is 2.45. The highest BCUT2D eigenvalue weighted by Gasteiger charge is 2.27. The molecule has 0 radical (unpaired) electrons. The maximum absolute atomic E-state index is 13.5. The van der Waals surface area contributed by atoms with E-state index in [-0.39, 0.29) is 18.5 Å². The third-order valence-corrected chi connectivity index (χ3v) is 4.36. The maximum atomic E-state index is 13.5. The van der Waals surface area contributed by atoms with E-state index in [0.717, 1.165) is 30.8 Å². The van der Waals surface area contributed by atoms with E-state index in [0.29, 0.717) is 11.3 Å². The number of hydrogen-bond acceptors (Lipinski definition) is 4. The van der Waals surface area contributed by atoms with Crippen LogP contribution in [0.2, 0.25) is 0 Å². The molecule has 2 aromatic heterocycles. The van der Waals surface area contributed by atoms with Gasteiger partial charge in [0.15, 0.2) is 5.65 Å². The fourth-order valence-electron chi connectivity index (χ4n) is 3.27. The number of halogens is 1. The smallest absolute Gasteiger partial charge is 0.154 e. The zero-order valence-electron chi connectivity index (χ0n) is 12.6. The topological polar surface area (TPSA) is 53.7 Å². The molecule has 5 nitrogen and oxygen atoms in total. The predicted octanol–water partition coefficient (Wildman–Crippen LogP) is 2.70. The van der Waals surface area contributed by atoms with Gasteiger partial charge in [0.25, 0.3) is 0 Å². The van der Waals surface area contributed by atoms with Crippen LogP contribution in [0.3, 0.4) is 0 Å². The molecule has 1 aromatic carbocycles. The van der Waals surface area contributed by atoms with Crippen molar-refractivity contribution in [3.63, 3.8) is 0 Å². The minimum atomic E-state index is -0.213. The Bertz CT molecular complexity index is 847. The number of anilines is 1. The van der Waals surface area contributed by atoms with Crippen LogP contribution < -0.4 is 4.90 Å². The van der Waals surface area contributed by atoms with Crippen LogP contribution in [0.25, 0.3) is 5.65 Å². The first-order valence-electron chi connectivity index (χ1n) is 7.73. The van der Waals surface area contributed by atoms with Gasteiger partial charge in [0.2, 0.25) is 0 Å². The number of aromatic nitrogens is 3. The van der Waals surface area contributed by atoms with Gasteiger partial charge in [0, 0.05) is 6.54 Å². The number of imidazole rings is 1. The van der Waals surface area contributed by atoms with Crippen molar-refractivity contribution in [2.75, 3.05) is 11.4 Å². The number of hydrogen-bond donors (Lipinski definition) is 1. The minimum Gasteiger partial charge on any atom is -0.390 e. The first-order chi connectivity index (χ1) is 11.3. The Morgan fingerprint density at radius 1 is 1.26 bits per heavy atom. The van der Waals surface area contributed by atoms with Gasteiger partial charge in [-0.2, -0.15) is 0 Å². The summed E-state index contributed by atoms with van der Waals surface area (Å²) in [6.07, 6.45) is 3.64. The summed E-state index contributed by atoms with van der Waals surface area (Å²) in [5.74, 6) is 0.604. The lowest BCUT2D eigenvalue weighted by Gasteiger charge is -2.26. The third-order valence-electron chi connectivity index (χ3n) is 4.36. The fraction of sp³-hybridized carbons (Fsp3) is 0.294. The van der Waals surface area contributed by atoms with E-state index in [4.69, 9.17) is 0 Å². The molecular weight excluding hydrogens is 295 g/mol. The Hall–Kier alpha value is -2.47. The molecule has 1 atom stereocenters. The van der Waals surface area contributed by atoms with Gasteiger partial charge >= 0.3 is 0 Å². The van der Waals surface area contributed by atoms with Gasteiger partial charge < -0.3 is 10.0 Å². The summed E-state index contributed by atoms with van der Waals surface area (Å²) >= 11 is 0. The van der Waals surface area contributed by atoms with Crippen molar-refractivity contribution in [2.45, 2.75) is 25.5 Å². The number of benzene rings is 1. The second-order valence-electron chi connectivity index (χ2n) is 5.78. The fourth-order valence-corrected chi connectivity index (χ4v) is 3.27. The highest BCUT2D eigenvalue weighted by molar-refractivity contribution is 5.49. The van der Waals surface area contributed by atoms with Crippen molar-refractivity contribution < 1.29 is 9.50 Å². The molecule has 3 aromatic rings. The molecular formula is C17H17FN4O. The quantitative estimate of drug-likeness (QED) is 0.808. The molecule has 0 bridgehead atoms. The summed E-state index contributed by atoms with van der Waals surface area (Å²) in [5, 5.41) is 14.0. The average molecular weight is 312 g/mol. The first kappa shape index (κ1) is 14.1. The lowest BCUT2D eigenvalue weighted by molar-refractivity contribution is 0.274. The van der Waals surface area contributed by atoms with Crippen molar-refractivity contribution in [3.8, 4) is 0 Å². The average Bonchev–Trinajstić information content (AvgIpc) is 3.21. The second-order valence-corrected chi connectivity index (χ2v) is 5.78. The Labute approximate surface area is 133 Å². The zero-order chi connectivity index (χ0) is 15.8. The number of nitrogens with zero attached hydrogens (tertiary/aromatic N) is 4. The van der Waals surface area contributed by atoms with Gasteiger partial charge in [-0.3, -0.25) is 0 Å². The van der Waals surface area contributed by atoms with Gasteiger partial charge in [-0.15, -0.1) is 5.10 Å². The van der Waals surface area contributed by atoms with Gasteiger partial charge in [0.1, 0.15) is 11.6 Å². The van der Waals surface area contributed by atoms with Crippen LogP contribution in [-0.4, -0.2) is 26.2 Å². The molecule has 6 heteroatoms. The van der Waals surface area contributed by atoms with E-state index in [1.807, 2.05) is 18.2 Å². The first-order valence-corrected chi connectivity index (χ1v) is 7.73. The van der Waals surface area contributed by atoms with Crippen LogP contribution in [0.1, 0.15) is 30.1 Å². The van der Waals surface area contributed by atoms with Crippen LogP contribution in [-0.2, 0) is 6.61 Å². The molecule has 1 aliphatic rings. The van der Waals surface area contributed by atoms with Crippen molar-refractivity contribution in [1.82, 2.24) is 14.6 Å². The summed E-state index contributed by atoms with van der Waals surface area (Å²) in [6.45, 7) is 0.772. The molecule has 0 spiro atoms. The van der Waals surface area contributed by atoms with Crippen LogP contribution >= 0.6 is 0 Å². The normalized spacial score (nSPS) is 18.0. The molecule has 3 heterocycles. The van der Waals surface area contributed by atoms with E-state index in [1.165, 1.54) is 6.07 Å². The number of aliphatic hydroxyl groups is 1. The maximum Gasteiger partial charge on any atom is 0.154 e. The molecule has 4 rings (SSSR count). The standard InChI is InChI=1S/C17H17FN4O/c18-13-4-1-3-12(9-13)15-5-2-8-21(15)17-7-6-16-19-10-14(11-23)22(16)20-17/h1,3-4,6-7,9-10,15,23H,2,5,8,11H2/t15-/m1/s1. The summed E-state index contributed by atoms with van der Waals surface area (Å²) in [4.78, 5) is 6.41. The molecule has 118 valence electrons. The highest BCUT2D eigenvalue weighted by Crippen LogP contribution is 2.35. The minimum absolute atomic E-state index is 0.106. The van der Waals surface area contributed by atoms with Gasteiger partial charge in [-0.05, 0) is 42.7 Å². The van der Waals surface area contributed by atoms with Gasteiger partial charge in [-0.1, -0.05) is 12.1 Å². The van der Waals surface area contributed by atoms with Crippen LogP contribution in [0.15, 0.2) is 42.6 Å². The Balaban J connectivity index is 1.73. The molecule has 0 aliphatic carbocycles.